The summed E-state index contributed by atoms with van der Waals surface area (Å²) in [6.07, 6.45) is 2.71. The molecule has 0 spiro atoms. The number of nitrogens with one attached hydrogen (secondary N) is 1. The summed E-state index contributed by atoms with van der Waals surface area (Å²) in [5, 5.41) is 12.0. The molecule has 18 heavy (non-hydrogen) atoms. The third-order valence-electron chi connectivity index (χ3n) is 2.95. The maximum absolute atomic E-state index is 11.8. The molecule has 1 aromatic heterocycles. The zero-order valence-corrected chi connectivity index (χ0v) is 9.78. The highest BCUT2D eigenvalue weighted by atomic mass is 16.7. The number of aliphatic hydroxyl groups excluding tert-OH is 1. The molecule has 2 aliphatic rings. The Balaban J connectivity index is 1.74. The van der Waals surface area contributed by atoms with Crippen molar-refractivity contribution in [1.82, 2.24) is 9.55 Å². The van der Waals surface area contributed by atoms with E-state index >= 15 is 0 Å². The number of rotatable bonds is 4. The Kier molecular flexibility index (Phi) is 3.02. The van der Waals surface area contributed by atoms with Crippen molar-refractivity contribution in [2.45, 2.75) is 31.4 Å². The van der Waals surface area contributed by atoms with Crippen LogP contribution in [0.4, 0.5) is 5.82 Å². The van der Waals surface area contributed by atoms with Crippen molar-refractivity contribution in [3.63, 3.8) is 0 Å². The number of aromatic nitrogens is 2. The highest BCUT2D eigenvalue weighted by Crippen LogP contribution is 2.23. The van der Waals surface area contributed by atoms with E-state index in [2.05, 4.69) is 10.3 Å². The minimum atomic E-state index is -0.661. The molecule has 2 heterocycles. The fraction of sp³-hybridized carbons (Fsp3) is 0.636. The number of nitrogens with zero attached hydrogens (tertiary/aromatic N) is 2. The van der Waals surface area contributed by atoms with Crippen LogP contribution in [0, 0.1) is 0 Å². The molecule has 0 bridgehead atoms. The van der Waals surface area contributed by atoms with E-state index in [1.165, 1.54) is 4.57 Å². The first-order chi connectivity index (χ1) is 8.76. The number of ether oxygens (including phenoxy) is 2. The molecule has 1 aliphatic carbocycles. The predicted octanol–water partition coefficient (Wildman–Crippen LogP) is -0.319. The fourth-order valence-electron chi connectivity index (χ4n) is 1.83. The first kappa shape index (κ1) is 11.6. The Morgan fingerprint density at radius 1 is 1.56 bits per heavy atom. The highest BCUT2D eigenvalue weighted by Gasteiger charge is 2.28. The van der Waals surface area contributed by atoms with Crippen molar-refractivity contribution in [1.29, 1.82) is 0 Å². The summed E-state index contributed by atoms with van der Waals surface area (Å²) in [5.74, 6) is 0.594. The molecular weight excluding hydrogens is 238 g/mol. The van der Waals surface area contributed by atoms with Crippen molar-refractivity contribution in [2.24, 2.45) is 0 Å². The van der Waals surface area contributed by atoms with Gasteiger partial charge in [-0.3, -0.25) is 4.57 Å². The maximum Gasteiger partial charge on any atom is 0.351 e. The summed E-state index contributed by atoms with van der Waals surface area (Å²) in [6.45, 7) is 0.0161. The molecule has 2 unspecified atom stereocenters. The van der Waals surface area contributed by atoms with Crippen LogP contribution in [-0.2, 0) is 9.47 Å². The second-order valence-corrected chi connectivity index (χ2v) is 4.46. The number of anilines is 1. The normalized spacial score (nSPS) is 27.4. The summed E-state index contributed by atoms with van der Waals surface area (Å²) < 4.78 is 11.9. The molecular formula is C11H15N3O4. The van der Waals surface area contributed by atoms with E-state index in [4.69, 9.17) is 14.6 Å². The van der Waals surface area contributed by atoms with Crippen molar-refractivity contribution in [3.8, 4) is 0 Å². The lowest BCUT2D eigenvalue weighted by Crippen LogP contribution is -2.29. The van der Waals surface area contributed by atoms with Crippen LogP contribution >= 0.6 is 0 Å². The van der Waals surface area contributed by atoms with Gasteiger partial charge in [-0.05, 0) is 18.9 Å². The molecule has 1 aliphatic heterocycles. The second kappa shape index (κ2) is 4.68. The zero-order chi connectivity index (χ0) is 12.5. The van der Waals surface area contributed by atoms with E-state index in [1.807, 2.05) is 0 Å². The largest absolute Gasteiger partial charge is 0.391 e. The van der Waals surface area contributed by atoms with Crippen LogP contribution in [0.3, 0.4) is 0 Å². The van der Waals surface area contributed by atoms with Gasteiger partial charge >= 0.3 is 5.69 Å². The molecule has 1 saturated carbocycles. The predicted molar refractivity (Wildman–Crippen MR) is 62.1 cm³/mol. The minimum absolute atomic E-state index is 0.222. The van der Waals surface area contributed by atoms with Gasteiger partial charge in [-0.2, -0.15) is 4.98 Å². The van der Waals surface area contributed by atoms with Crippen molar-refractivity contribution < 1.29 is 14.6 Å². The molecule has 98 valence electrons. The molecule has 0 radical (unpaired) electrons. The molecule has 2 atom stereocenters. The summed E-state index contributed by atoms with van der Waals surface area (Å²) in [4.78, 5) is 15.8. The van der Waals surface area contributed by atoms with E-state index in [0.717, 1.165) is 12.8 Å². The summed E-state index contributed by atoms with van der Waals surface area (Å²) in [6, 6.07) is 2.20. The summed E-state index contributed by atoms with van der Waals surface area (Å²) in [7, 11) is 0. The van der Waals surface area contributed by atoms with E-state index in [9.17, 15) is 4.79 Å². The number of hydrogen-bond acceptors (Lipinski definition) is 6. The third kappa shape index (κ3) is 2.38. The number of hydrogen-bond donors (Lipinski definition) is 2. The van der Waals surface area contributed by atoms with Gasteiger partial charge in [0.05, 0.1) is 13.2 Å². The van der Waals surface area contributed by atoms with Gasteiger partial charge in [0.15, 0.2) is 12.5 Å². The molecule has 7 heteroatoms. The Morgan fingerprint density at radius 2 is 2.39 bits per heavy atom. The lowest BCUT2D eigenvalue weighted by atomic mass is 10.5. The average molecular weight is 253 g/mol. The van der Waals surface area contributed by atoms with E-state index < -0.39 is 12.5 Å². The van der Waals surface area contributed by atoms with Crippen LogP contribution in [0.5, 0.6) is 0 Å². The first-order valence-electron chi connectivity index (χ1n) is 6.00. The maximum atomic E-state index is 11.8. The van der Waals surface area contributed by atoms with Crippen LogP contribution in [0.1, 0.15) is 19.1 Å². The molecule has 0 aromatic carbocycles. The van der Waals surface area contributed by atoms with E-state index in [-0.39, 0.29) is 18.9 Å². The summed E-state index contributed by atoms with van der Waals surface area (Å²) in [5.41, 5.74) is -0.382. The smallest absolute Gasteiger partial charge is 0.351 e. The number of aliphatic hydroxyl groups is 1. The molecule has 0 amide bonds. The van der Waals surface area contributed by atoms with Crippen LogP contribution in [0.25, 0.3) is 0 Å². The molecule has 3 rings (SSSR count). The molecule has 2 N–H and O–H groups in total. The Bertz CT molecular complexity index is 485. The Morgan fingerprint density at radius 3 is 3.00 bits per heavy atom. The fourth-order valence-corrected chi connectivity index (χ4v) is 1.83. The van der Waals surface area contributed by atoms with Gasteiger partial charge in [-0.25, -0.2) is 4.79 Å². The Labute approximate surface area is 103 Å². The molecule has 2 fully saturated rings. The van der Waals surface area contributed by atoms with Crippen LogP contribution in [-0.4, -0.2) is 40.2 Å². The van der Waals surface area contributed by atoms with E-state index in [1.54, 1.807) is 12.3 Å². The van der Waals surface area contributed by atoms with Crippen LogP contribution in [0.15, 0.2) is 17.1 Å². The molecule has 7 nitrogen and oxygen atoms in total. The van der Waals surface area contributed by atoms with Gasteiger partial charge in [0.25, 0.3) is 0 Å². The minimum Gasteiger partial charge on any atom is -0.391 e. The lowest BCUT2D eigenvalue weighted by Gasteiger charge is -2.12. The van der Waals surface area contributed by atoms with Gasteiger partial charge < -0.3 is 19.9 Å². The van der Waals surface area contributed by atoms with Gasteiger partial charge in [0.1, 0.15) is 5.82 Å². The average Bonchev–Trinajstić information content (AvgIpc) is 3.05. The summed E-state index contributed by atoms with van der Waals surface area (Å²) >= 11 is 0. The topological polar surface area (TPSA) is 85.6 Å². The third-order valence-corrected chi connectivity index (χ3v) is 2.95. The van der Waals surface area contributed by atoms with Crippen LogP contribution in [0.2, 0.25) is 0 Å². The quantitative estimate of drug-likeness (QED) is 0.765. The van der Waals surface area contributed by atoms with Crippen molar-refractivity contribution in [2.75, 3.05) is 18.5 Å². The monoisotopic (exact) mass is 253 g/mol. The zero-order valence-electron chi connectivity index (χ0n) is 9.78. The highest BCUT2D eigenvalue weighted by molar-refractivity contribution is 5.34. The molecule has 1 aromatic rings. The van der Waals surface area contributed by atoms with Gasteiger partial charge in [-0.15, -0.1) is 0 Å². The van der Waals surface area contributed by atoms with Gasteiger partial charge in [0.2, 0.25) is 0 Å². The van der Waals surface area contributed by atoms with Crippen molar-refractivity contribution >= 4 is 5.82 Å². The van der Waals surface area contributed by atoms with E-state index in [0.29, 0.717) is 11.9 Å². The molecule has 1 saturated heterocycles. The van der Waals surface area contributed by atoms with Crippen molar-refractivity contribution in [3.05, 3.63) is 22.7 Å². The van der Waals surface area contributed by atoms with Crippen LogP contribution < -0.4 is 11.0 Å². The van der Waals surface area contributed by atoms with Gasteiger partial charge in [-0.1, -0.05) is 0 Å². The Hall–Kier alpha value is -1.44. The first-order valence-corrected chi connectivity index (χ1v) is 6.00. The second-order valence-electron chi connectivity index (χ2n) is 4.46. The standard InChI is InChI=1S/C11H15N3O4/c15-5-10-17-6-9(18-10)14-4-3-8(13-11(14)16)12-7-1-2-7/h3-4,7,9-10,15H,1-2,5-6H2,(H,12,13,16). The SMILES string of the molecule is O=c1nc(NC2CC2)ccn1C1COC(CO)O1. The van der Waals surface area contributed by atoms with Gasteiger partial charge in [0, 0.05) is 12.2 Å². The lowest BCUT2D eigenvalue weighted by molar-refractivity contribution is -0.0992.